The number of aryl methyl sites for hydroxylation is 2. The average molecular weight is 329 g/mol. The highest BCUT2D eigenvalue weighted by molar-refractivity contribution is 5.92. The van der Waals surface area contributed by atoms with Gasteiger partial charge >= 0.3 is 0 Å². The Balaban J connectivity index is 1.89. The van der Waals surface area contributed by atoms with Gasteiger partial charge in [0.25, 0.3) is 0 Å². The summed E-state index contributed by atoms with van der Waals surface area (Å²) in [5.74, 6) is -0.901. The van der Waals surface area contributed by atoms with Crippen LogP contribution in [0.4, 0.5) is 14.5 Å². The van der Waals surface area contributed by atoms with Crippen LogP contribution >= 0.6 is 0 Å². The third-order valence-corrected chi connectivity index (χ3v) is 4.59. The summed E-state index contributed by atoms with van der Waals surface area (Å²) in [5.41, 5.74) is 1.60. The number of rotatable bonds is 2. The monoisotopic (exact) mass is 329 g/mol. The molecule has 1 atom stereocenters. The van der Waals surface area contributed by atoms with Crippen molar-refractivity contribution in [2.75, 3.05) is 11.4 Å². The standard InChI is InChI=1S/C17H17F2N5/c1-10-8-14(11-5-6-12(18)15(19)16(11)21-10)24-7-3-4-13(24)17-22-20-9-23(17)2/h5-6,8-9,13H,3-4,7H2,1-2H3/t13-/m0/s1. The van der Waals surface area contributed by atoms with E-state index in [0.29, 0.717) is 11.1 Å². The zero-order chi connectivity index (χ0) is 16.8. The maximum absolute atomic E-state index is 14.2. The molecule has 0 N–H and O–H groups in total. The van der Waals surface area contributed by atoms with Crippen LogP contribution < -0.4 is 4.90 Å². The second-order valence-electron chi connectivity index (χ2n) is 6.19. The first-order chi connectivity index (χ1) is 11.6. The molecule has 1 saturated heterocycles. The van der Waals surface area contributed by atoms with E-state index in [2.05, 4.69) is 20.1 Å². The number of hydrogen-bond acceptors (Lipinski definition) is 4. The van der Waals surface area contributed by atoms with Crippen molar-refractivity contribution < 1.29 is 8.78 Å². The SMILES string of the molecule is Cc1cc(N2CCC[C@H]2c2nncn2C)c2ccc(F)c(F)c2n1. The topological polar surface area (TPSA) is 46.8 Å². The van der Waals surface area contributed by atoms with Crippen molar-refractivity contribution in [2.24, 2.45) is 7.05 Å². The highest BCUT2D eigenvalue weighted by atomic mass is 19.2. The summed E-state index contributed by atoms with van der Waals surface area (Å²) in [5, 5.41) is 8.81. The van der Waals surface area contributed by atoms with Crippen LogP contribution in [0.3, 0.4) is 0 Å². The van der Waals surface area contributed by atoms with Gasteiger partial charge < -0.3 is 9.47 Å². The number of aromatic nitrogens is 4. The Morgan fingerprint density at radius 3 is 2.83 bits per heavy atom. The number of anilines is 1. The van der Waals surface area contributed by atoms with Crippen molar-refractivity contribution in [3.63, 3.8) is 0 Å². The summed E-state index contributed by atoms with van der Waals surface area (Å²) in [7, 11) is 1.91. The smallest absolute Gasteiger partial charge is 0.185 e. The molecule has 124 valence electrons. The molecule has 0 spiro atoms. The summed E-state index contributed by atoms with van der Waals surface area (Å²) in [6, 6.07) is 4.75. The predicted octanol–water partition coefficient (Wildman–Crippen LogP) is 3.29. The molecule has 0 amide bonds. The normalized spacial score (nSPS) is 17.8. The maximum atomic E-state index is 14.2. The second-order valence-corrected chi connectivity index (χ2v) is 6.19. The highest BCUT2D eigenvalue weighted by Gasteiger charge is 2.31. The van der Waals surface area contributed by atoms with Crippen LogP contribution in [-0.4, -0.2) is 26.3 Å². The van der Waals surface area contributed by atoms with E-state index in [-0.39, 0.29) is 11.6 Å². The van der Waals surface area contributed by atoms with Gasteiger partial charge in [-0.2, -0.15) is 0 Å². The zero-order valence-electron chi connectivity index (χ0n) is 13.5. The van der Waals surface area contributed by atoms with Crippen molar-refractivity contribution in [3.05, 3.63) is 47.7 Å². The molecule has 0 bridgehead atoms. The fourth-order valence-electron chi connectivity index (χ4n) is 3.50. The van der Waals surface area contributed by atoms with Crippen LogP contribution in [-0.2, 0) is 7.05 Å². The molecule has 3 aromatic rings. The van der Waals surface area contributed by atoms with E-state index >= 15 is 0 Å². The Morgan fingerprint density at radius 1 is 1.25 bits per heavy atom. The zero-order valence-corrected chi connectivity index (χ0v) is 13.5. The van der Waals surface area contributed by atoms with Gasteiger partial charge in [0, 0.05) is 30.4 Å². The molecule has 7 heteroatoms. The Hall–Kier alpha value is -2.57. The van der Waals surface area contributed by atoms with Gasteiger partial charge in [0.15, 0.2) is 17.5 Å². The van der Waals surface area contributed by atoms with Crippen molar-refractivity contribution in [2.45, 2.75) is 25.8 Å². The van der Waals surface area contributed by atoms with Crippen LogP contribution in [0.1, 0.15) is 30.4 Å². The lowest BCUT2D eigenvalue weighted by atomic mass is 10.1. The van der Waals surface area contributed by atoms with Crippen molar-refractivity contribution in [3.8, 4) is 0 Å². The fourth-order valence-corrected chi connectivity index (χ4v) is 3.50. The third kappa shape index (κ3) is 2.23. The molecule has 0 unspecified atom stereocenters. The van der Waals surface area contributed by atoms with Gasteiger partial charge in [-0.1, -0.05) is 0 Å². The van der Waals surface area contributed by atoms with Crippen LogP contribution in [0.2, 0.25) is 0 Å². The summed E-state index contributed by atoms with van der Waals surface area (Å²) in [6.45, 7) is 2.62. The van der Waals surface area contributed by atoms with Crippen molar-refractivity contribution in [1.82, 2.24) is 19.7 Å². The van der Waals surface area contributed by atoms with Crippen LogP contribution in [0.25, 0.3) is 10.9 Å². The van der Waals surface area contributed by atoms with Gasteiger partial charge in [0.05, 0.1) is 6.04 Å². The van der Waals surface area contributed by atoms with Gasteiger partial charge in [-0.3, -0.25) is 0 Å². The van der Waals surface area contributed by atoms with Crippen LogP contribution in [0.15, 0.2) is 24.5 Å². The molecule has 2 aromatic heterocycles. The van der Waals surface area contributed by atoms with Crippen molar-refractivity contribution >= 4 is 16.6 Å². The van der Waals surface area contributed by atoms with E-state index in [4.69, 9.17) is 0 Å². The quantitative estimate of drug-likeness (QED) is 0.724. The van der Waals surface area contributed by atoms with Gasteiger partial charge in [-0.05, 0) is 38.0 Å². The van der Waals surface area contributed by atoms with E-state index < -0.39 is 11.6 Å². The number of fused-ring (bicyclic) bond motifs is 1. The average Bonchev–Trinajstić information content (AvgIpc) is 3.19. The summed E-state index contributed by atoms with van der Waals surface area (Å²) >= 11 is 0. The minimum Gasteiger partial charge on any atom is -0.361 e. The van der Waals surface area contributed by atoms with Gasteiger partial charge in [-0.25, -0.2) is 13.8 Å². The Bertz CT molecular complexity index is 921. The molecule has 1 aromatic carbocycles. The Labute approximate surface area is 137 Å². The molecule has 0 aliphatic carbocycles. The van der Waals surface area contributed by atoms with Crippen LogP contribution in [0.5, 0.6) is 0 Å². The summed E-state index contributed by atoms with van der Waals surface area (Å²) in [4.78, 5) is 6.39. The minimum absolute atomic E-state index is 0.0654. The van der Waals surface area contributed by atoms with E-state index in [1.165, 1.54) is 0 Å². The molecular weight excluding hydrogens is 312 g/mol. The Morgan fingerprint density at radius 2 is 2.08 bits per heavy atom. The summed E-state index contributed by atoms with van der Waals surface area (Å²) < 4.78 is 29.7. The molecule has 1 aliphatic rings. The lowest BCUT2D eigenvalue weighted by molar-refractivity contribution is 0.515. The first-order valence-electron chi connectivity index (χ1n) is 7.92. The second kappa shape index (κ2) is 5.51. The molecule has 1 aliphatic heterocycles. The molecule has 24 heavy (non-hydrogen) atoms. The fraction of sp³-hybridized carbons (Fsp3) is 0.353. The number of halogens is 2. The minimum atomic E-state index is -0.896. The molecule has 0 saturated carbocycles. The van der Waals surface area contributed by atoms with Gasteiger partial charge in [-0.15, -0.1) is 10.2 Å². The summed E-state index contributed by atoms with van der Waals surface area (Å²) in [6.07, 6.45) is 3.62. The Kier molecular flexibility index (Phi) is 3.44. The molecule has 5 nitrogen and oxygen atoms in total. The number of hydrogen-bond donors (Lipinski definition) is 0. The lowest BCUT2D eigenvalue weighted by Crippen LogP contribution is -2.25. The molecule has 3 heterocycles. The van der Waals surface area contributed by atoms with Gasteiger partial charge in [0.1, 0.15) is 11.8 Å². The van der Waals surface area contributed by atoms with Crippen LogP contribution in [0, 0.1) is 18.6 Å². The van der Waals surface area contributed by atoms with E-state index in [0.717, 1.165) is 37.0 Å². The number of benzene rings is 1. The number of pyridine rings is 1. The number of nitrogens with zero attached hydrogens (tertiary/aromatic N) is 5. The third-order valence-electron chi connectivity index (χ3n) is 4.59. The van der Waals surface area contributed by atoms with Gasteiger partial charge in [0.2, 0.25) is 0 Å². The van der Waals surface area contributed by atoms with E-state index in [9.17, 15) is 8.78 Å². The highest BCUT2D eigenvalue weighted by Crippen LogP contribution is 2.39. The molecule has 4 rings (SSSR count). The first kappa shape index (κ1) is 15.0. The lowest BCUT2D eigenvalue weighted by Gasteiger charge is -2.27. The predicted molar refractivity (Wildman–Crippen MR) is 86.7 cm³/mol. The molecule has 0 radical (unpaired) electrons. The van der Waals surface area contributed by atoms with Crippen molar-refractivity contribution in [1.29, 1.82) is 0 Å². The van der Waals surface area contributed by atoms with E-state index in [1.54, 1.807) is 19.3 Å². The molecular formula is C17H17F2N5. The maximum Gasteiger partial charge on any atom is 0.185 e. The first-order valence-corrected chi connectivity index (χ1v) is 7.92. The van der Waals surface area contributed by atoms with E-state index in [1.807, 2.05) is 17.7 Å². The molecule has 1 fully saturated rings. The largest absolute Gasteiger partial charge is 0.361 e.